The van der Waals surface area contributed by atoms with Crippen LogP contribution in [0.15, 0.2) is 29.3 Å². The SMILES string of the molecule is c1ccc2c(c1)C[C@H](CN=C(NC1CC1)N1CCCC1)CO2. The Labute approximate surface area is 132 Å². The average Bonchev–Trinajstić information content (AvgIpc) is 3.21. The van der Waals surface area contributed by atoms with Gasteiger partial charge in [0.05, 0.1) is 6.61 Å². The van der Waals surface area contributed by atoms with Gasteiger partial charge in [0.25, 0.3) is 0 Å². The molecule has 2 aliphatic heterocycles. The number of hydrogen-bond donors (Lipinski definition) is 1. The number of ether oxygens (including phenoxy) is 1. The quantitative estimate of drug-likeness (QED) is 0.688. The van der Waals surface area contributed by atoms with Gasteiger partial charge in [-0.05, 0) is 43.7 Å². The molecule has 0 spiro atoms. The van der Waals surface area contributed by atoms with Crippen molar-refractivity contribution in [1.29, 1.82) is 0 Å². The normalized spacial score (nSPS) is 24.8. The molecule has 1 N–H and O–H groups in total. The molecule has 1 aromatic carbocycles. The van der Waals surface area contributed by atoms with E-state index in [0.29, 0.717) is 12.0 Å². The molecule has 118 valence electrons. The summed E-state index contributed by atoms with van der Waals surface area (Å²) in [5.74, 6) is 2.69. The number of hydrogen-bond acceptors (Lipinski definition) is 2. The molecule has 0 amide bonds. The third-order valence-corrected chi connectivity index (χ3v) is 4.77. The molecule has 1 aliphatic carbocycles. The summed E-state index contributed by atoms with van der Waals surface area (Å²) in [6.45, 7) is 3.96. The Balaban J connectivity index is 1.40. The molecule has 1 aromatic rings. The van der Waals surface area contributed by atoms with Crippen LogP contribution in [0.3, 0.4) is 0 Å². The van der Waals surface area contributed by atoms with E-state index in [1.807, 2.05) is 6.07 Å². The number of rotatable bonds is 3. The van der Waals surface area contributed by atoms with Gasteiger partial charge in [-0.3, -0.25) is 4.99 Å². The molecule has 2 fully saturated rings. The van der Waals surface area contributed by atoms with E-state index in [1.54, 1.807) is 0 Å². The van der Waals surface area contributed by atoms with Gasteiger partial charge in [0.2, 0.25) is 0 Å². The summed E-state index contributed by atoms with van der Waals surface area (Å²) in [5, 5.41) is 3.63. The largest absolute Gasteiger partial charge is 0.493 e. The Hall–Kier alpha value is -1.71. The van der Waals surface area contributed by atoms with Crippen molar-refractivity contribution in [2.24, 2.45) is 10.9 Å². The molecule has 1 atom stereocenters. The maximum Gasteiger partial charge on any atom is 0.194 e. The summed E-state index contributed by atoms with van der Waals surface area (Å²) in [7, 11) is 0. The predicted octanol–water partition coefficient (Wildman–Crippen LogP) is 2.44. The molecule has 1 saturated carbocycles. The second kappa shape index (κ2) is 6.19. The molecule has 4 rings (SSSR count). The number of fused-ring (bicyclic) bond motifs is 1. The van der Waals surface area contributed by atoms with Gasteiger partial charge in [-0.15, -0.1) is 0 Å². The van der Waals surface area contributed by atoms with Gasteiger partial charge < -0.3 is 15.0 Å². The lowest BCUT2D eigenvalue weighted by Gasteiger charge is -2.26. The molecule has 2 heterocycles. The highest BCUT2D eigenvalue weighted by Gasteiger charge is 2.26. The monoisotopic (exact) mass is 299 g/mol. The zero-order valence-corrected chi connectivity index (χ0v) is 13.1. The molecule has 0 radical (unpaired) electrons. The minimum absolute atomic E-state index is 0.494. The molecule has 0 unspecified atom stereocenters. The van der Waals surface area contributed by atoms with E-state index in [-0.39, 0.29) is 0 Å². The van der Waals surface area contributed by atoms with Crippen molar-refractivity contribution >= 4 is 5.96 Å². The number of aliphatic imine (C=N–C) groups is 1. The Bertz CT molecular complexity index is 547. The van der Waals surface area contributed by atoms with Crippen LogP contribution in [0.1, 0.15) is 31.2 Å². The standard InChI is InChI=1S/C18H25N3O/c1-2-6-17-15(5-1)11-14(13-22-17)12-19-18(20-16-7-8-16)21-9-3-4-10-21/h1-2,5-6,14,16H,3-4,7-13H2,(H,19,20)/t14-/m1/s1. The van der Waals surface area contributed by atoms with Crippen molar-refractivity contribution in [3.63, 3.8) is 0 Å². The number of nitrogens with one attached hydrogen (secondary N) is 1. The van der Waals surface area contributed by atoms with Crippen molar-refractivity contribution in [3.8, 4) is 5.75 Å². The number of benzene rings is 1. The van der Waals surface area contributed by atoms with Gasteiger partial charge in [-0.1, -0.05) is 18.2 Å². The van der Waals surface area contributed by atoms with E-state index in [0.717, 1.165) is 44.4 Å². The van der Waals surface area contributed by atoms with Crippen LogP contribution in [0.2, 0.25) is 0 Å². The fraction of sp³-hybridized carbons (Fsp3) is 0.611. The van der Waals surface area contributed by atoms with Crippen molar-refractivity contribution in [1.82, 2.24) is 10.2 Å². The van der Waals surface area contributed by atoms with E-state index < -0.39 is 0 Å². The first-order chi connectivity index (χ1) is 10.9. The van der Waals surface area contributed by atoms with Crippen LogP contribution in [-0.2, 0) is 6.42 Å². The lowest BCUT2D eigenvalue weighted by Crippen LogP contribution is -2.41. The minimum Gasteiger partial charge on any atom is -0.493 e. The first-order valence-electron chi connectivity index (χ1n) is 8.65. The van der Waals surface area contributed by atoms with E-state index >= 15 is 0 Å². The van der Waals surface area contributed by atoms with Crippen LogP contribution in [0.5, 0.6) is 5.75 Å². The molecule has 1 saturated heterocycles. The van der Waals surface area contributed by atoms with Crippen LogP contribution >= 0.6 is 0 Å². The second-order valence-electron chi connectivity index (χ2n) is 6.77. The van der Waals surface area contributed by atoms with E-state index in [9.17, 15) is 0 Å². The number of para-hydroxylation sites is 1. The zero-order chi connectivity index (χ0) is 14.8. The molecule has 4 heteroatoms. The smallest absolute Gasteiger partial charge is 0.194 e. The Kier molecular flexibility index (Phi) is 3.92. The van der Waals surface area contributed by atoms with E-state index in [2.05, 4.69) is 28.4 Å². The van der Waals surface area contributed by atoms with Gasteiger partial charge in [-0.2, -0.15) is 0 Å². The number of guanidine groups is 1. The van der Waals surface area contributed by atoms with Gasteiger partial charge in [0, 0.05) is 31.6 Å². The van der Waals surface area contributed by atoms with Crippen LogP contribution in [0.25, 0.3) is 0 Å². The highest BCUT2D eigenvalue weighted by molar-refractivity contribution is 5.80. The van der Waals surface area contributed by atoms with Crippen molar-refractivity contribution in [2.45, 2.75) is 38.1 Å². The van der Waals surface area contributed by atoms with Crippen LogP contribution in [-0.4, -0.2) is 43.1 Å². The van der Waals surface area contributed by atoms with Crippen molar-refractivity contribution in [2.75, 3.05) is 26.2 Å². The molecular weight excluding hydrogens is 274 g/mol. The summed E-state index contributed by atoms with van der Waals surface area (Å²) < 4.78 is 5.88. The van der Waals surface area contributed by atoms with Crippen LogP contribution < -0.4 is 10.1 Å². The van der Waals surface area contributed by atoms with E-state index in [4.69, 9.17) is 9.73 Å². The molecule has 4 nitrogen and oxygen atoms in total. The fourth-order valence-corrected chi connectivity index (χ4v) is 3.30. The lowest BCUT2D eigenvalue weighted by atomic mass is 9.97. The summed E-state index contributed by atoms with van der Waals surface area (Å²) in [6.07, 6.45) is 6.27. The number of nitrogens with zero attached hydrogens (tertiary/aromatic N) is 2. The Morgan fingerprint density at radius 1 is 1.23 bits per heavy atom. The van der Waals surface area contributed by atoms with Gasteiger partial charge >= 0.3 is 0 Å². The maximum absolute atomic E-state index is 5.88. The Morgan fingerprint density at radius 3 is 2.86 bits per heavy atom. The molecule has 0 bridgehead atoms. The highest BCUT2D eigenvalue weighted by atomic mass is 16.5. The fourth-order valence-electron chi connectivity index (χ4n) is 3.30. The first-order valence-corrected chi connectivity index (χ1v) is 8.65. The highest BCUT2D eigenvalue weighted by Crippen LogP contribution is 2.27. The van der Waals surface area contributed by atoms with Crippen molar-refractivity contribution in [3.05, 3.63) is 29.8 Å². The third kappa shape index (κ3) is 3.21. The van der Waals surface area contributed by atoms with Gasteiger partial charge in [0.1, 0.15) is 5.75 Å². The Morgan fingerprint density at radius 2 is 2.05 bits per heavy atom. The zero-order valence-electron chi connectivity index (χ0n) is 13.1. The third-order valence-electron chi connectivity index (χ3n) is 4.77. The van der Waals surface area contributed by atoms with Gasteiger partial charge in [-0.25, -0.2) is 0 Å². The second-order valence-corrected chi connectivity index (χ2v) is 6.77. The molecule has 0 aromatic heterocycles. The predicted molar refractivity (Wildman–Crippen MR) is 88.4 cm³/mol. The topological polar surface area (TPSA) is 36.9 Å². The summed E-state index contributed by atoms with van der Waals surface area (Å²) in [5.41, 5.74) is 1.33. The molecular formula is C18H25N3O. The lowest BCUT2D eigenvalue weighted by molar-refractivity contribution is 0.226. The average molecular weight is 299 g/mol. The molecule has 3 aliphatic rings. The minimum atomic E-state index is 0.494. The summed E-state index contributed by atoms with van der Waals surface area (Å²) in [4.78, 5) is 7.36. The maximum atomic E-state index is 5.88. The van der Waals surface area contributed by atoms with Crippen LogP contribution in [0.4, 0.5) is 0 Å². The van der Waals surface area contributed by atoms with Crippen LogP contribution in [0, 0.1) is 5.92 Å². The van der Waals surface area contributed by atoms with Crippen molar-refractivity contribution < 1.29 is 4.74 Å². The summed E-state index contributed by atoms with van der Waals surface area (Å²) >= 11 is 0. The summed E-state index contributed by atoms with van der Waals surface area (Å²) in [6, 6.07) is 9.05. The number of likely N-dealkylation sites (tertiary alicyclic amines) is 1. The molecule has 22 heavy (non-hydrogen) atoms. The van der Waals surface area contributed by atoms with E-state index in [1.165, 1.54) is 31.2 Å². The first kappa shape index (κ1) is 13.9. The van der Waals surface area contributed by atoms with Gasteiger partial charge in [0.15, 0.2) is 5.96 Å².